The van der Waals surface area contributed by atoms with Gasteiger partial charge in [-0.2, -0.15) is 0 Å². The maximum atomic E-state index is 11.4. The lowest BCUT2D eigenvalue weighted by atomic mass is 10.1. The molecular weight excluding hydrogens is 184 g/mol. The molecule has 4 nitrogen and oxygen atoms in total. The summed E-state index contributed by atoms with van der Waals surface area (Å²) in [5.74, 6) is -0.892. The van der Waals surface area contributed by atoms with Crippen LogP contribution in [0.15, 0.2) is 0 Å². The van der Waals surface area contributed by atoms with Crippen molar-refractivity contribution in [1.29, 1.82) is 0 Å². The lowest BCUT2D eigenvalue weighted by molar-refractivity contribution is -0.163. The highest BCUT2D eigenvalue weighted by molar-refractivity contribution is 5.81. The van der Waals surface area contributed by atoms with Gasteiger partial charge < -0.3 is 9.47 Å². The Morgan fingerprint density at radius 2 is 2.36 bits per heavy atom. The minimum Gasteiger partial charge on any atom is -0.460 e. The van der Waals surface area contributed by atoms with Gasteiger partial charge in [0.15, 0.2) is 0 Å². The molecule has 1 saturated heterocycles. The Balaban J connectivity index is 2.45. The molecule has 80 valence electrons. The molecule has 0 aliphatic carbocycles. The van der Waals surface area contributed by atoms with E-state index in [1.807, 2.05) is 6.92 Å². The molecule has 0 aromatic heterocycles. The van der Waals surface area contributed by atoms with Crippen molar-refractivity contribution >= 4 is 11.9 Å². The largest absolute Gasteiger partial charge is 0.460 e. The summed E-state index contributed by atoms with van der Waals surface area (Å²) >= 11 is 0. The van der Waals surface area contributed by atoms with Crippen molar-refractivity contribution in [2.24, 2.45) is 5.92 Å². The number of hydrogen-bond acceptors (Lipinski definition) is 4. The summed E-state index contributed by atoms with van der Waals surface area (Å²) < 4.78 is 9.91. The van der Waals surface area contributed by atoms with E-state index in [9.17, 15) is 9.59 Å². The SMILES string of the molecule is CCC(C)C(=O)OC1CC(C)OC1=O. The Morgan fingerprint density at radius 1 is 1.71 bits per heavy atom. The molecule has 14 heavy (non-hydrogen) atoms. The van der Waals surface area contributed by atoms with Crippen LogP contribution >= 0.6 is 0 Å². The van der Waals surface area contributed by atoms with E-state index in [0.29, 0.717) is 6.42 Å². The Kier molecular flexibility index (Phi) is 3.49. The maximum absolute atomic E-state index is 11.4. The molecule has 0 bridgehead atoms. The summed E-state index contributed by atoms with van der Waals surface area (Å²) in [5.41, 5.74) is 0. The zero-order valence-corrected chi connectivity index (χ0v) is 8.78. The highest BCUT2D eigenvalue weighted by Crippen LogP contribution is 2.19. The Labute approximate surface area is 83.6 Å². The number of carbonyl (C=O) groups excluding carboxylic acids is 2. The summed E-state index contributed by atoms with van der Waals surface area (Å²) in [6.45, 7) is 5.47. The molecule has 1 aliphatic rings. The first kappa shape index (κ1) is 11.0. The van der Waals surface area contributed by atoms with Gasteiger partial charge in [0.1, 0.15) is 6.10 Å². The highest BCUT2D eigenvalue weighted by Gasteiger charge is 2.35. The van der Waals surface area contributed by atoms with Crippen molar-refractivity contribution in [3.8, 4) is 0 Å². The van der Waals surface area contributed by atoms with Crippen molar-refractivity contribution in [2.45, 2.75) is 45.8 Å². The van der Waals surface area contributed by atoms with Crippen molar-refractivity contribution < 1.29 is 19.1 Å². The normalized spacial score (nSPS) is 28.4. The van der Waals surface area contributed by atoms with Crippen LogP contribution in [0.1, 0.15) is 33.6 Å². The summed E-state index contributed by atoms with van der Waals surface area (Å²) in [7, 11) is 0. The molecule has 0 amide bonds. The lowest BCUT2D eigenvalue weighted by Gasteiger charge is -2.11. The van der Waals surface area contributed by atoms with Crippen LogP contribution in [-0.4, -0.2) is 24.1 Å². The van der Waals surface area contributed by atoms with Crippen molar-refractivity contribution in [1.82, 2.24) is 0 Å². The zero-order chi connectivity index (χ0) is 10.7. The number of rotatable bonds is 3. The second-order valence-corrected chi connectivity index (χ2v) is 3.72. The van der Waals surface area contributed by atoms with Crippen LogP contribution in [0.3, 0.4) is 0 Å². The van der Waals surface area contributed by atoms with Gasteiger partial charge >= 0.3 is 11.9 Å². The third kappa shape index (κ3) is 2.47. The molecule has 0 saturated carbocycles. The third-order valence-corrected chi connectivity index (χ3v) is 2.40. The lowest BCUT2D eigenvalue weighted by Crippen LogP contribution is -2.25. The number of hydrogen-bond donors (Lipinski definition) is 0. The summed E-state index contributed by atoms with van der Waals surface area (Å²) in [6.07, 6.45) is 0.362. The second-order valence-electron chi connectivity index (χ2n) is 3.72. The van der Waals surface area contributed by atoms with Gasteiger partial charge in [0.05, 0.1) is 5.92 Å². The van der Waals surface area contributed by atoms with Gasteiger partial charge in [0, 0.05) is 6.42 Å². The van der Waals surface area contributed by atoms with Crippen LogP contribution in [0, 0.1) is 5.92 Å². The van der Waals surface area contributed by atoms with Crippen LogP contribution in [-0.2, 0) is 19.1 Å². The van der Waals surface area contributed by atoms with Crippen molar-refractivity contribution in [2.75, 3.05) is 0 Å². The predicted molar refractivity (Wildman–Crippen MR) is 49.5 cm³/mol. The van der Waals surface area contributed by atoms with Gasteiger partial charge in [-0.25, -0.2) is 4.79 Å². The molecule has 0 aromatic carbocycles. The van der Waals surface area contributed by atoms with Crippen LogP contribution < -0.4 is 0 Å². The van der Waals surface area contributed by atoms with E-state index >= 15 is 0 Å². The minimum atomic E-state index is -0.688. The molecule has 0 radical (unpaired) electrons. The highest BCUT2D eigenvalue weighted by atomic mass is 16.6. The third-order valence-electron chi connectivity index (χ3n) is 2.40. The van der Waals surface area contributed by atoms with E-state index in [4.69, 9.17) is 9.47 Å². The molecule has 3 unspecified atom stereocenters. The van der Waals surface area contributed by atoms with Gasteiger partial charge in [-0.15, -0.1) is 0 Å². The molecule has 0 N–H and O–H groups in total. The topological polar surface area (TPSA) is 52.6 Å². The number of cyclic esters (lactones) is 1. The molecule has 1 fully saturated rings. The van der Waals surface area contributed by atoms with Crippen LogP contribution in [0.4, 0.5) is 0 Å². The van der Waals surface area contributed by atoms with E-state index in [1.54, 1.807) is 13.8 Å². The van der Waals surface area contributed by atoms with Crippen LogP contribution in [0.5, 0.6) is 0 Å². The summed E-state index contributed by atoms with van der Waals surface area (Å²) in [6, 6.07) is 0. The molecule has 0 aromatic rings. The van der Waals surface area contributed by atoms with Crippen molar-refractivity contribution in [3.63, 3.8) is 0 Å². The molecule has 3 atom stereocenters. The Hall–Kier alpha value is -1.06. The molecular formula is C10H16O4. The minimum absolute atomic E-state index is 0.141. The van der Waals surface area contributed by atoms with E-state index < -0.39 is 12.1 Å². The average Bonchev–Trinajstić information content (AvgIpc) is 2.44. The Bertz CT molecular complexity index is 236. The fourth-order valence-corrected chi connectivity index (χ4v) is 1.24. The fraction of sp³-hybridized carbons (Fsp3) is 0.800. The smallest absolute Gasteiger partial charge is 0.347 e. The standard InChI is InChI=1S/C10H16O4/c1-4-6(2)9(11)14-8-5-7(3)13-10(8)12/h6-8H,4-5H2,1-3H3. The van der Waals surface area contributed by atoms with Crippen LogP contribution in [0.25, 0.3) is 0 Å². The van der Waals surface area contributed by atoms with Crippen LogP contribution in [0.2, 0.25) is 0 Å². The summed E-state index contributed by atoms with van der Waals surface area (Å²) in [5, 5.41) is 0. The molecule has 1 aliphatic heterocycles. The molecule has 0 spiro atoms. The predicted octanol–water partition coefficient (Wildman–Crippen LogP) is 1.28. The maximum Gasteiger partial charge on any atom is 0.347 e. The first-order chi connectivity index (χ1) is 6.54. The molecule has 4 heteroatoms. The van der Waals surface area contributed by atoms with Gasteiger partial charge in [-0.3, -0.25) is 4.79 Å². The average molecular weight is 200 g/mol. The van der Waals surface area contributed by atoms with E-state index in [-0.39, 0.29) is 18.0 Å². The fourth-order valence-electron chi connectivity index (χ4n) is 1.24. The molecule has 1 heterocycles. The first-order valence-electron chi connectivity index (χ1n) is 4.95. The Morgan fingerprint density at radius 3 is 2.79 bits per heavy atom. The van der Waals surface area contributed by atoms with E-state index in [0.717, 1.165) is 6.42 Å². The quantitative estimate of drug-likeness (QED) is 0.644. The number of ether oxygens (including phenoxy) is 2. The van der Waals surface area contributed by atoms with E-state index in [1.165, 1.54) is 0 Å². The second kappa shape index (κ2) is 4.44. The number of carbonyl (C=O) groups is 2. The molecule has 1 rings (SSSR count). The van der Waals surface area contributed by atoms with Gasteiger partial charge in [-0.1, -0.05) is 13.8 Å². The van der Waals surface area contributed by atoms with E-state index in [2.05, 4.69) is 0 Å². The van der Waals surface area contributed by atoms with Gasteiger partial charge in [0.25, 0.3) is 0 Å². The first-order valence-corrected chi connectivity index (χ1v) is 4.95. The summed E-state index contributed by atoms with van der Waals surface area (Å²) in [4.78, 5) is 22.5. The van der Waals surface area contributed by atoms with Gasteiger partial charge in [-0.05, 0) is 13.3 Å². The van der Waals surface area contributed by atoms with Gasteiger partial charge in [0.2, 0.25) is 6.10 Å². The monoisotopic (exact) mass is 200 g/mol. The number of esters is 2. The zero-order valence-electron chi connectivity index (χ0n) is 8.78. The van der Waals surface area contributed by atoms with Crippen molar-refractivity contribution in [3.05, 3.63) is 0 Å².